The van der Waals surface area contributed by atoms with Crippen molar-refractivity contribution in [1.29, 1.82) is 0 Å². The molecule has 0 fully saturated rings. The van der Waals surface area contributed by atoms with Crippen molar-refractivity contribution in [2.75, 3.05) is 34.2 Å². The fraction of sp³-hybridized carbons (Fsp3) is 0.185. The first kappa shape index (κ1) is 26.6. The van der Waals surface area contributed by atoms with Crippen LogP contribution in [0.4, 0.5) is 0 Å². The second-order valence-electron chi connectivity index (χ2n) is 7.73. The molecule has 0 radical (unpaired) electrons. The van der Waals surface area contributed by atoms with Gasteiger partial charge in [-0.3, -0.25) is 9.36 Å². The molecular formula is C27H27N5O5S. The van der Waals surface area contributed by atoms with Crippen LogP contribution >= 0.6 is 11.8 Å². The van der Waals surface area contributed by atoms with Gasteiger partial charge >= 0.3 is 0 Å². The summed E-state index contributed by atoms with van der Waals surface area (Å²) in [7, 11) is 6.24. The molecule has 1 heterocycles. The van der Waals surface area contributed by atoms with Crippen LogP contribution in [0.2, 0.25) is 0 Å². The van der Waals surface area contributed by atoms with Crippen LogP contribution in [0.25, 0.3) is 17.1 Å². The summed E-state index contributed by atoms with van der Waals surface area (Å²) in [4.78, 5) is 12.6. The van der Waals surface area contributed by atoms with Gasteiger partial charge in [-0.2, -0.15) is 5.10 Å². The van der Waals surface area contributed by atoms with E-state index in [1.807, 2.05) is 59.2 Å². The Labute approximate surface area is 224 Å². The maximum atomic E-state index is 12.6. The van der Waals surface area contributed by atoms with E-state index in [2.05, 4.69) is 20.7 Å². The van der Waals surface area contributed by atoms with Gasteiger partial charge in [-0.25, -0.2) is 5.43 Å². The predicted molar refractivity (Wildman–Crippen MR) is 146 cm³/mol. The molecule has 1 N–H and O–H groups in total. The van der Waals surface area contributed by atoms with Gasteiger partial charge in [0, 0.05) is 23.4 Å². The van der Waals surface area contributed by atoms with E-state index in [9.17, 15) is 4.79 Å². The highest BCUT2D eigenvalue weighted by molar-refractivity contribution is 7.99. The number of rotatable bonds is 11. The Morgan fingerprint density at radius 3 is 2.16 bits per heavy atom. The molecule has 0 atom stereocenters. The van der Waals surface area contributed by atoms with Crippen LogP contribution in [0.3, 0.4) is 0 Å². The molecule has 0 bridgehead atoms. The molecule has 0 aliphatic heterocycles. The number of carbonyl (C=O) groups is 1. The molecule has 0 spiro atoms. The van der Waals surface area contributed by atoms with E-state index < -0.39 is 0 Å². The lowest BCUT2D eigenvalue weighted by Gasteiger charge is -2.12. The topological polar surface area (TPSA) is 109 Å². The molecule has 0 aliphatic rings. The zero-order valence-electron chi connectivity index (χ0n) is 21.4. The smallest absolute Gasteiger partial charge is 0.250 e. The van der Waals surface area contributed by atoms with Crippen molar-refractivity contribution in [3.8, 4) is 40.1 Å². The summed E-state index contributed by atoms with van der Waals surface area (Å²) < 4.78 is 23.2. The Morgan fingerprint density at radius 2 is 1.55 bits per heavy atom. The van der Waals surface area contributed by atoms with Gasteiger partial charge in [0.15, 0.2) is 11.0 Å². The summed E-state index contributed by atoms with van der Waals surface area (Å²) in [6.07, 6.45) is 1.47. The number of methoxy groups -OCH3 is 4. The van der Waals surface area contributed by atoms with Gasteiger partial charge in [0.1, 0.15) is 23.0 Å². The molecule has 38 heavy (non-hydrogen) atoms. The molecule has 0 unspecified atom stereocenters. The van der Waals surface area contributed by atoms with Gasteiger partial charge in [-0.15, -0.1) is 10.2 Å². The largest absolute Gasteiger partial charge is 0.497 e. The number of hydrogen-bond acceptors (Lipinski definition) is 9. The van der Waals surface area contributed by atoms with Gasteiger partial charge in [-0.1, -0.05) is 30.0 Å². The van der Waals surface area contributed by atoms with E-state index in [1.54, 1.807) is 26.4 Å². The Hall–Kier alpha value is -4.51. The molecule has 1 aromatic heterocycles. The highest BCUT2D eigenvalue weighted by atomic mass is 32.2. The Morgan fingerprint density at radius 1 is 0.895 bits per heavy atom. The lowest BCUT2D eigenvalue weighted by Crippen LogP contribution is -2.20. The number of aromatic nitrogens is 3. The second-order valence-corrected chi connectivity index (χ2v) is 8.68. The average Bonchev–Trinajstić information content (AvgIpc) is 3.40. The maximum Gasteiger partial charge on any atom is 0.250 e. The number of nitrogens with one attached hydrogen (secondary N) is 1. The Kier molecular flexibility index (Phi) is 8.83. The Bertz CT molecular complexity index is 1380. The molecule has 0 aliphatic carbocycles. The maximum absolute atomic E-state index is 12.6. The first-order chi connectivity index (χ1) is 18.6. The Balaban J connectivity index is 1.50. The highest BCUT2D eigenvalue weighted by Crippen LogP contribution is 2.33. The number of ether oxygens (including phenoxy) is 4. The third-order valence-electron chi connectivity index (χ3n) is 5.46. The lowest BCUT2D eigenvalue weighted by atomic mass is 10.2. The summed E-state index contributed by atoms with van der Waals surface area (Å²) in [5.41, 5.74) is 4.85. The van der Waals surface area contributed by atoms with E-state index in [4.69, 9.17) is 18.9 Å². The van der Waals surface area contributed by atoms with E-state index in [-0.39, 0.29) is 11.7 Å². The van der Waals surface area contributed by atoms with Crippen molar-refractivity contribution in [2.45, 2.75) is 5.16 Å². The number of benzene rings is 3. The van der Waals surface area contributed by atoms with E-state index in [0.29, 0.717) is 33.8 Å². The second kappa shape index (κ2) is 12.6. The van der Waals surface area contributed by atoms with Crippen molar-refractivity contribution in [1.82, 2.24) is 20.2 Å². The summed E-state index contributed by atoms with van der Waals surface area (Å²) >= 11 is 1.25. The van der Waals surface area contributed by atoms with Crippen LogP contribution in [0, 0.1) is 0 Å². The van der Waals surface area contributed by atoms with Crippen LogP contribution in [-0.2, 0) is 4.79 Å². The molecule has 0 saturated heterocycles. The van der Waals surface area contributed by atoms with E-state index >= 15 is 0 Å². The number of thioether (sulfide) groups is 1. The molecule has 4 rings (SSSR count). The predicted octanol–water partition coefficient (Wildman–Crippen LogP) is 4.21. The minimum atomic E-state index is -0.314. The molecular weight excluding hydrogens is 506 g/mol. The molecule has 196 valence electrons. The SMILES string of the molecule is COc1ccc(-c2nnc(SCC(=O)N/N=C\c3c(OC)cc(OC)cc3OC)n2-c2ccccc2)cc1. The van der Waals surface area contributed by atoms with Crippen LogP contribution < -0.4 is 24.4 Å². The zero-order valence-corrected chi connectivity index (χ0v) is 22.2. The van der Waals surface area contributed by atoms with Crippen LogP contribution in [0.1, 0.15) is 5.56 Å². The van der Waals surface area contributed by atoms with E-state index in [1.165, 1.54) is 32.2 Å². The zero-order chi connectivity index (χ0) is 26.9. The molecule has 4 aromatic rings. The first-order valence-corrected chi connectivity index (χ1v) is 12.5. The van der Waals surface area contributed by atoms with Gasteiger partial charge < -0.3 is 18.9 Å². The third kappa shape index (κ3) is 6.06. The molecule has 1 amide bonds. The van der Waals surface area contributed by atoms with Crippen molar-refractivity contribution in [2.24, 2.45) is 5.10 Å². The number of amides is 1. The van der Waals surface area contributed by atoms with Crippen LogP contribution in [0.15, 0.2) is 77.0 Å². The van der Waals surface area contributed by atoms with Crippen molar-refractivity contribution >= 4 is 23.9 Å². The standard InChI is InChI=1S/C27H27N5O5S/c1-34-20-12-10-18(11-13-20)26-30-31-27(32(26)19-8-6-5-7-9-19)38-17-25(33)29-28-16-22-23(36-3)14-21(35-2)15-24(22)37-4/h5-16H,17H2,1-4H3,(H,29,33)/b28-16-. The summed E-state index contributed by atoms with van der Waals surface area (Å²) in [5.74, 6) is 2.72. The summed E-state index contributed by atoms with van der Waals surface area (Å²) in [6, 6.07) is 20.7. The van der Waals surface area contributed by atoms with Gasteiger partial charge in [0.05, 0.1) is 46.0 Å². The molecule has 11 heteroatoms. The van der Waals surface area contributed by atoms with Crippen LogP contribution in [0.5, 0.6) is 23.0 Å². The van der Waals surface area contributed by atoms with Gasteiger partial charge in [-0.05, 0) is 36.4 Å². The highest BCUT2D eigenvalue weighted by Gasteiger charge is 2.17. The van der Waals surface area contributed by atoms with Crippen molar-refractivity contribution in [3.63, 3.8) is 0 Å². The number of nitrogens with zero attached hydrogens (tertiary/aromatic N) is 4. The number of hydrazone groups is 1. The van der Waals surface area contributed by atoms with Crippen LogP contribution in [-0.4, -0.2) is 61.1 Å². The first-order valence-electron chi connectivity index (χ1n) is 11.5. The normalized spacial score (nSPS) is 10.8. The third-order valence-corrected chi connectivity index (χ3v) is 6.39. The minimum Gasteiger partial charge on any atom is -0.497 e. The number of carbonyl (C=O) groups excluding carboxylic acids is 1. The minimum absolute atomic E-state index is 0.0712. The van der Waals surface area contributed by atoms with Crippen molar-refractivity contribution < 1.29 is 23.7 Å². The monoisotopic (exact) mass is 533 g/mol. The fourth-order valence-corrected chi connectivity index (χ4v) is 4.34. The molecule has 0 saturated carbocycles. The average molecular weight is 534 g/mol. The van der Waals surface area contributed by atoms with E-state index in [0.717, 1.165) is 17.0 Å². The summed E-state index contributed by atoms with van der Waals surface area (Å²) in [5, 5.41) is 13.4. The fourth-order valence-electron chi connectivity index (χ4n) is 3.59. The van der Waals surface area contributed by atoms with Gasteiger partial charge in [0.2, 0.25) is 0 Å². The quantitative estimate of drug-likeness (QED) is 0.174. The number of para-hydroxylation sites is 1. The molecule has 3 aromatic carbocycles. The lowest BCUT2D eigenvalue weighted by molar-refractivity contribution is -0.118. The molecule has 10 nitrogen and oxygen atoms in total. The van der Waals surface area contributed by atoms with Gasteiger partial charge in [0.25, 0.3) is 5.91 Å². The summed E-state index contributed by atoms with van der Waals surface area (Å²) in [6.45, 7) is 0. The number of hydrogen-bond donors (Lipinski definition) is 1. The van der Waals surface area contributed by atoms with Crippen molar-refractivity contribution in [3.05, 3.63) is 72.3 Å².